The molecule has 0 atom stereocenters. The lowest BCUT2D eigenvalue weighted by Gasteiger charge is -2.26. The highest BCUT2D eigenvalue weighted by Crippen LogP contribution is 2.31. The molecule has 2 N–H and O–H groups in total. The van der Waals surface area contributed by atoms with Crippen LogP contribution in [0.3, 0.4) is 0 Å². The van der Waals surface area contributed by atoms with Gasteiger partial charge in [-0.25, -0.2) is 9.59 Å². The summed E-state index contributed by atoms with van der Waals surface area (Å²) >= 11 is 0. The van der Waals surface area contributed by atoms with Crippen LogP contribution in [0, 0.1) is 0 Å². The number of hydrogen-bond donors (Lipinski definition) is 2. The Morgan fingerprint density at radius 3 is 1.24 bits per heavy atom. The Morgan fingerprint density at radius 2 is 1.00 bits per heavy atom. The summed E-state index contributed by atoms with van der Waals surface area (Å²) in [5.41, 5.74) is 2.09. The topological polar surface area (TPSA) is 74.6 Å². The standard InChI is InChI=1S/C17H16O4/c1-17(2,13-7-3-11(4-8-13)15(18)19)14-9-5-12(6-10-14)16(20)21/h3-10H,1-2H3,(H,18,19)(H,20,21). The van der Waals surface area contributed by atoms with Crippen LogP contribution in [-0.2, 0) is 5.41 Å². The van der Waals surface area contributed by atoms with Gasteiger partial charge in [-0.2, -0.15) is 0 Å². The van der Waals surface area contributed by atoms with Gasteiger partial charge in [-0.1, -0.05) is 38.1 Å². The summed E-state index contributed by atoms with van der Waals surface area (Å²) in [4.78, 5) is 21.8. The van der Waals surface area contributed by atoms with Crippen LogP contribution in [-0.4, -0.2) is 22.2 Å². The second-order valence-corrected chi connectivity index (χ2v) is 5.39. The third-order valence-electron chi connectivity index (χ3n) is 3.71. The second-order valence-electron chi connectivity index (χ2n) is 5.39. The fraction of sp³-hybridized carbons (Fsp3) is 0.176. The summed E-state index contributed by atoms with van der Waals surface area (Å²) in [5.74, 6) is -1.91. The molecule has 2 rings (SSSR count). The average molecular weight is 284 g/mol. The summed E-state index contributed by atoms with van der Waals surface area (Å²) in [7, 11) is 0. The van der Waals surface area contributed by atoms with Crippen molar-refractivity contribution in [3.05, 3.63) is 70.8 Å². The van der Waals surface area contributed by atoms with Crippen molar-refractivity contribution in [2.45, 2.75) is 19.3 Å². The Morgan fingerprint density at radius 1 is 0.714 bits per heavy atom. The van der Waals surface area contributed by atoms with Gasteiger partial charge in [-0.3, -0.25) is 0 Å². The van der Waals surface area contributed by atoms with Crippen LogP contribution in [0.5, 0.6) is 0 Å². The first-order valence-corrected chi connectivity index (χ1v) is 6.50. The average Bonchev–Trinajstić information content (AvgIpc) is 2.47. The van der Waals surface area contributed by atoms with E-state index in [1.807, 2.05) is 13.8 Å². The Kier molecular flexibility index (Phi) is 3.80. The van der Waals surface area contributed by atoms with Crippen molar-refractivity contribution in [2.24, 2.45) is 0 Å². The van der Waals surface area contributed by atoms with E-state index in [0.29, 0.717) is 0 Å². The quantitative estimate of drug-likeness (QED) is 0.902. The number of carbonyl (C=O) groups is 2. The van der Waals surface area contributed by atoms with Gasteiger partial charge in [-0.15, -0.1) is 0 Å². The van der Waals surface area contributed by atoms with Crippen molar-refractivity contribution in [1.29, 1.82) is 0 Å². The van der Waals surface area contributed by atoms with Crippen LogP contribution in [0.15, 0.2) is 48.5 Å². The predicted octanol–water partition coefficient (Wildman–Crippen LogP) is 3.41. The molecule has 108 valence electrons. The minimum Gasteiger partial charge on any atom is -0.478 e. The molecule has 0 aromatic heterocycles. The number of hydrogen-bond acceptors (Lipinski definition) is 2. The summed E-state index contributed by atoms with van der Waals surface area (Å²) in [6.07, 6.45) is 0. The Labute approximate surface area is 122 Å². The minimum absolute atomic E-state index is 0.246. The number of carboxylic acid groups (broad SMARTS) is 2. The summed E-state index contributed by atoms with van der Waals surface area (Å²) in [6, 6.07) is 13.4. The SMILES string of the molecule is CC(C)(c1ccc(C(=O)O)cc1)c1ccc(C(=O)O)cc1. The maximum Gasteiger partial charge on any atom is 0.335 e. The molecule has 0 saturated carbocycles. The van der Waals surface area contributed by atoms with E-state index in [2.05, 4.69) is 0 Å². The van der Waals surface area contributed by atoms with Crippen LogP contribution in [0.4, 0.5) is 0 Å². The molecule has 0 unspecified atom stereocenters. The van der Waals surface area contributed by atoms with Gasteiger partial charge in [0.15, 0.2) is 0 Å². The first-order valence-electron chi connectivity index (χ1n) is 6.50. The molecule has 2 aromatic rings. The van der Waals surface area contributed by atoms with Gasteiger partial charge in [-0.05, 0) is 35.4 Å². The highest BCUT2D eigenvalue weighted by atomic mass is 16.4. The predicted molar refractivity (Wildman–Crippen MR) is 78.9 cm³/mol. The van der Waals surface area contributed by atoms with Gasteiger partial charge in [0.05, 0.1) is 11.1 Å². The van der Waals surface area contributed by atoms with E-state index in [1.165, 1.54) is 0 Å². The molecule has 4 nitrogen and oxygen atoms in total. The second kappa shape index (κ2) is 5.40. The van der Waals surface area contributed by atoms with Gasteiger partial charge < -0.3 is 10.2 Å². The van der Waals surface area contributed by atoms with E-state index in [9.17, 15) is 9.59 Å². The molecule has 2 aromatic carbocycles. The van der Waals surface area contributed by atoms with Gasteiger partial charge in [0.1, 0.15) is 0 Å². The van der Waals surface area contributed by atoms with Crippen LogP contribution in [0.25, 0.3) is 0 Å². The van der Waals surface area contributed by atoms with E-state index in [4.69, 9.17) is 10.2 Å². The highest BCUT2D eigenvalue weighted by Gasteiger charge is 2.23. The van der Waals surface area contributed by atoms with Gasteiger partial charge in [0.25, 0.3) is 0 Å². The molecule has 21 heavy (non-hydrogen) atoms. The number of aromatic carboxylic acids is 2. The van der Waals surface area contributed by atoms with Crippen LogP contribution in [0.2, 0.25) is 0 Å². The van der Waals surface area contributed by atoms with Crippen molar-refractivity contribution in [3.8, 4) is 0 Å². The summed E-state index contributed by atoms with van der Waals surface area (Å²) in [5, 5.41) is 17.8. The highest BCUT2D eigenvalue weighted by molar-refractivity contribution is 5.88. The Balaban J connectivity index is 2.36. The van der Waals surface area contributed by atoms with Crippen LogP contribution in [0.1, 0.15) is 45.7 Å². The maximum atomic E-state index is 10.9. The first-order chi connectivity index (χ1) is 9.82. The molecule has 0 saturated heterocycles. The molecule has 0 fully saturated rings. The molecule has 0 aliphatic rings. The van der Waals surface area contributed by atoms with Crippen LogP contribution < -0.4 is 0 Å². The third kappa shape index (κ3) is 2.94. The van der Waals surface area contributed by atoms with E-state index in [0.717, 1.165) is 11.1 Å². The van der Waals surface area contributed by atoms with Crippen molar-refractivity contribution in [2.75, 3.05) is 0 Å². The smallest absolute Gasteiger partial charge is 0.335 e. The van der Waals surface area contributed by atoms with Gasteiger partial charge in [0, 0.05) is 5.41 Å². The molecule has 0 heterocycles. The minimum atomic E-state index is -0.954. The monoisotopic (exact) mass is 284 g/mol. The zero-order chi connectivity index (χ0) is 15.6. The number of rotatable bonds is 4. The third-order valence-corrected chi connectivity index (χ3v) is 3.71. The lowest BCUT2D eigenvalue weighted by atomic mass is 9.78. The zero-order valence-electron chi connectivity index (χ0n) is 11.8. The maximum absolute atomic E-state index is 10.9. The molecule has 0 aliphatic carbocycles. The number of benzene rings is 2. The van der Waals surface area contributed by atoms with Crippen molar-refractivity contribution in [1.82, 2.24) is 0 Å². The van der Waals surface area contributed by atoms with Crippen molar-refractivity contribution in [3.63, 3.8) is 0 Å². The Hall–Kier alpha value is -2.62. The van der Waals surface area contributed by atoms with Crippen molar-refractivity contribution >= 4 is 11.9 Å². The molecular weight excluding hydrogens is 268 g/mol. The van der Waals surface area contributed by atoms with Crippen molar-refractivity contribution < 1.29 is 19.8 Å². The van der Waals surface area contributed by atoms with E-state index in [1.54, 1.807) is 48.5 Å². The van der Waals surface area contributed by atoms with Gasteiger partial charge in [0.2, 0.25) is 0 Å². The van der Waals surface area contributed by atoms with E-state index >= 15 is 0 Å². The fourth-order valence-electron chi connectivity index (χ4n) is 2.23. The van der Waals surface area contributed by atoms with Crippen LogP contribution >= 0.6 is 0 Å². The lowest BCUT2D eigenvalue weighted by Crippen LogP contribution is -2.19. The lowest BCUT2D eigenvalue weighted by molar-refractivity contribution is 0.0686. The van der Waals surface area contributed by atoms with E-state index in [-0.39, 0.29) is 16.5 Å². The molecule has 4 heteroatoms. The first kappa shape index (κ1) is 14.8. The molecule has 0 spiro atoms. The Bertz CT molecular complexity index is 607. The summed E-state index contributed by atoms with van der Waals surface area (Å²) < 4.78 is 0. The fourth-order valence-corrected chi connectivity index (χ4v) is 2.23. The number of carboxylic acids is 2. The molecule has 0 amide bonds. The van der Waals surface area contributed by atoms with Gasteiger partial charge >= 0.3 is 11.9 Å². The normalized spacial score (nSPS) is 11.1. The largest absolute Gasteiger partial charge is 0.478 e. The zero-order valence-corrected chi connectivity index (χ0v) is 11.8. The molecule has 0 aliphatic heterocycles. The molecule has 0 bridgehead atoms. The van der Waals surface area contributed by atoms with E-state index < -0.39 is 11.9 Å². The molecule has 0 radical (unpaired) electrons. The molecular formula is C17H16O4. The summed E-state index contributed by atoms with van der Waals surface area (Å²) in [6.45, 7) is 4.02.